The Hall–Kier alpha value is -0.810. The highest BCUT2D eigenvalue weighted by molar-refractivity contribution is 7.99. The number of rotatable bonds is 4. The van der Waals surface area contributed by atoms with E-state index in [1.54, 1.807) is 6.07 Å². The minimum absolute atomic E-state index is 0.406. The van der Waals surface area contributed by atoms with Crippen LogP contribution >= 0.6 is 11.8 Å². The molecule has 2 heterocycles. The van der Waals surface area contributed by atoms with Gasteiger partial charge < -0.3 is 10.2 Å². The molecule has 2 unspecified atom stereocenters. The van der Waals surface area contributed by atoms with Gasteiger partial charge in [0.15, 0.2) is 0 Å². The van der Waals surface area contributed by atoms with E-state index in [0.717, 1.165) is 18.5 Å². The molecule has 2 fully saturated rings. The molecule has 0 spiro atoms. The first-order chi connectivity index (χ1) is 9.63. The highest BCUT2D eigenvalue weighted by atomic mass is 32.2. The molecular formula is C15H20F2N2S. The minimum Gasteiger partial charge on any atom is -0.381 e. The quantitative estimate of drug-likeness (QED) is 0.845. The Morgan fingerprint density at radius 3 is 2.50 bits per heavy atom. The summed E-state index contributed by atoms with van der Waals surface area (Å²) in [4.78, 5) is 3.13. The van der Waals surface area contributed by atoms with E-state index in [0.29, 0.717) is 34.8 Å². The van der Waals surface area contributed by atoms with Gasteiger partial charge in [0, 0.05) is 28.7 Å². The first kappa shape index (κ1) is 14.1. The molecule has 0 radical (unpaired) electrons. The van der Waals surface area contributed by atoms with Gasteiger partial charge in [-0.25, -0.2) is 0 Å². The van der Waals surface area contributed by atoms with Gasteiger partial charge in [0.25, 0.3) is 5.76 Å². The van der Waals surface area contributed by atoms with Crippen molar-refractivity contribution in [3.8, 4) is 0 Å². The van der Waals surface area contributed by atoms with E-state index in [1.807, 2.05) is 18.2 Å². The summed E-state index contributed by atoms with van der Waals surface area (Å²) < 4.78 is 25.2. The van der Waals surface area contributed by atoms with Crippen molar-refractivity contribution in [2.75, 3.05) is 12.4 Å². The van der Waals surface area contributed by atoms with Crippen LogP contribution in [0.4, 0.5) is 14.5 Å². The van der Waals surface area contributed by atoms with Gasteiger partial charge in [-0.2, -0.15) is 8.78 Å². The van der Waals surface area contributed by atoms with Crippen LogP contribution in [0.3, 0.4) is 0 Å². The molecule has 2 atom stereocenters. The van der Waals surface area contributed by atoms with Crippen LogP contribution in [0.25, 0.3) is 0 Å². The molecule has 0 aliphatic carbocycles. The Balaban J connectivity index is 1.69. The second-order valence-corrected chi connectivity index (χ2v) is 6.77. The fourth-order valence-electron chi connectivity index (χ4n) is 3.53. The summed E-state index contributed by atoms with van der Waals surface area (Å²) in [7, 11) is 2.21. The number of alkyl halides is 2. The Labute approximate surface area is 122 Å². The molecule has 3 rings (SSSR count). The van der Waals surface area contributed by atoms with Gasteiger partial charge >= 0.3 is 0 Å². The molecule has 5 heteroatoms. The summed E-state index contributed by atoms with van der Waals surface area (Å²) in [6, 6.07) is 9.11. The van der Waals surface area contributed by atoms with Gasteiger partial charge in [0.05, 0.1) is 0 Å². The van der Waals surface area contributed by atoms with E-state index >= 15 is 0 Å². The molecule has 110 valence electrons. The van der Waals surface area contributed by atoms with E-state index < -0.39 is 5.76 Å². The molecule has 1 aromatic carbocycles. The van der Waals surface area contributed by atoms with Crippen molar-refractivity contribution < 1.29 is 8.78 Å². The Bertz CT molecular complexity index is 455. The lowest BCUT2D eigenvalue weighted by molar-refractivity contribution is 0.169. The molecule has 2 bridgehead atoms. The standard InChI is InChI=1S/C15H20F2N2S/c1-19-11-6-7-12(19)9-10(8-11)18-13-4-2-3-5-14(13)20-15(16)17/h2-5,10-12,15,18H,6-9H2,1H3. The van der Waals surface area contributed by atoms with Crippen molar-refractivity contribution >= 4 is 17.4 Å². The molecule has 0 saturated carbocycles. The van der Waals surface area contributed by atoms with Crippen molar-refractivity contribution in [2.45, 2.75) is 54.5 Å². The Kier molecular flexibility index (Phi) is 4.17. The van der Waals surface area contributed by atoms with Gasteiger partial charge in [-0.05, 0) is 44.9 Å². The molecule has 1 N–H and O–H groups in total. The van der Waals surface area contributed by atoms with E-state index in [1.165, 1.54) is 12.8 Å². The number of nitrogens with zero attached hydrogens (tertiary/aromatic N) is 1. The Morgan fingerprint density at radius 2 is 1.85 bits per heavy atom. The van der Waals surface area contributed by atoms with Crippen molar-refractivity contribution in [1.82, 2.24) is 4.90 Å². The fraction of sp³-hybridized carbons (Fsp3) is 0.600. The van der Waals surface area contributed by atoms with Crippen molar-refractivity contribution in [1.29, 1.82) is 0 Å². The van der Waals surface area contributed by atoms with Crippen LogP contribution in [-0.2, 0) is 0 Å². The van der Waals surface area contributed by atoms with Crippen LogP contribution in [0.2, 0.25) is 0 Å². The van der Waals surface area contributed by atoms with E-state index in [2.05, 4.69) is 17.3 Å². The molecule has 2 saturated heterocycles. The first-order valence-electron chi connectivity index (χ1n) is 7.16. The number of thioether (sulfide) groups is 1. The lowest BCUT2D eigenvalue weighted by Crippen LogP contribution is -2.44. The second kappa shape index (κ2) is 5.90. The average molecular weight is 298 g/mol. The Morgan fingerprint density at radius 1 is 1.20 bits per heavy atom. The number of nitrogens with one attached hydrogen (secondary N) is 1. The topological polar surface area (TPSA) is 15.3 Å². The number of para-hydroxylation sites is 1. The lowest BCUT2D eigenvalue weighted by atomic mass is 9.98. The van der Waals surface area contributed by atoms with Gasteiger partial charge in [-0.3, -0.25) is 0 Å². The highest BCUT2D eigenvalue weighted by Crippen LogP contribution is 2.37. The SMILES string of the molecule is CN1C2CCC1CC(Nc1ccccc1SC(F)F)C2. The molecule has 2 nitrogen and oxygen atoms in total. The summed E-state index contributed by atoms with van der Waals surface area (Å²) >= 11 is 0.625. The minimum atomic E-state index is -2.37. The maximum atomic E-state index is 12.6. The summed E-state index contributed by atoms with van der Waals surface area (Å²) in [6.45, 7) is 0. The summed E-state index contributed by atoms with van der Waals surface area (Å²) in [5, 5.41) is 3.50. The number of hydrogen-bond donors (Lipinski definition) is 1. The zero-order valence-corrected chi connectivity index (χ0v) is 12.4. The molecule has 2 aliphatic heterocycles. The van der Waals surface area contributed by atoms with Crippen LogP contribution in [0, 0.1) is 0 Å². The number of halogens is 2. The van der Waals surface area contributed by atoms with Crippen LogP contribution in [-0.4, -0.2) is 35.8 Å². The fourth-order valence-corrected chi connectivity index (χ4v) is 4.14. The zero-order chi connectivity index (χ0) is 14.1. The van der Waals surface area contributed by atoms with Gasteiger partial charge in [0.1, 0.15) is 0 Å². The third kappa shape index (κ3) is 2.93. The number of piperidine rings is 1. The van der Waals surface area contributed by atoms with Crippen molar-refractivity contribution in [2.24, 2.45) is 0 Å². The van der Waals surface area contributed by atoms with E-state index in [9.17, 15) is 8.78 Å². The smallest absolute Gasteiger partial charge is 0.288 e. The lowest BCUT2D eigenvalue weighted by Gasteiger charge is -2.37. The zero-order valence-electron chi connectivity index (χ0n) is 11.6. The van der Waals surface area contributed by atoms with E-state index in [-0.39, 0.29) is 0 Å². The van der Waals surface area contributed by atoms with Crippen LogP contribution in [0.5, 0.6) is 0 Å². The average Bonchev–Trinajstić information content (AvgIpc) is 2.63. The van der Waals surface area contributed by atoms with Crippen LogP contribution < -0.4 is 5.32 Å². The summed E-state index contributed by atoms with van der Waals surface area (Å²) in [6.07, 6.45) is 4.76. The highest BCUT2D eigenvalue weighted by Gasteiger charge is 2.38. The van der Waals surface area contributed by atoms with E-state index in [4.69, 9.17) is 0 Å². The van der Waals surface area contributed by atoms with Gasteiger partial charge in [-0.1, -0.05) is 23.9 Å². The third-order valence-corrected chi connectivity index (χ3v) is 5.35. The number of fused-ring (bicyclic) bond motifs is 2. The molecule has 1 aromatic rings. The summed E-state index contributed by atoms with van der Waals surface area (Å²) in [5.41, 5.74) is 0.853. The maximum absolute atomic E-state index is 12.6. The number of benzene rings is 1. The number of hydrogen-bond acceptors (Lipinski definition) is 3. The maximum Gasteiger partial charge on any atom is 0.288 e. The second-order valence-electron chi connectivity index (χ2n) is 5.74. The number of anilines is 1. The van der Waals surface area contributed by atoms with Gasteiger partial charge in [-0.15, -0.1) is 0 Å². The molecule has 0 aromatic heterocycles. The normalized spacial score (nSPS) is 29.9. The van der Waals surface area contributed by atoms with Crippen molar-refractivity contribution in [3.05, 3.63) is 24.3 Å². The largest absolute Gasteiger partial charge is 0.381 e. The van der Waals surface area contributed by atoms with Crippen LogP contribution in [0.15, 0.2) is 29.2 Å². The molecule has 20 heavy (non-hydrogen) atoms. The predicted octanol–water partition coefficient (Wildman–Crippen LogP) is 4.04. The predicted molar refractivity (Wildman–Crippen MR) is 79.5 cm³/mol. The molecule has 0 amide bonds. The third-order valence-electron chi connectivity index (χ3n) is 4.56. The molecular weight excluding hydrogens is 278 g/mol. The molecule has 2 aliphatic rings. The van der Waals surface area contributed by atoms with Crippen molar-refractivity contribution in [3.63, 3.8) is 0 Å². The summed E-state index contributed by atoms with van der Waals surface area (Å²) in [5.74, 6) is -2.37. The first-order valence-corrected chi connectivity index (χ1v) is 8.04. The van der Waals surface area contributed by atoms with Gasteiger partial charge in [0.2, 0.25) is 0 Å². The monoisotopic (exact) mass is 298 g/mol. The van der Waals surface area contributed by atoms with Crippen LogP contribution in [0.1, 0.15) is 25.7 Å².